The topological polar surface area (TPSA) is 63.1 Å². The number of hydrogen-bond donors (Lipinski definition) is 2. The van der Waals surface area contributed by atoms with E-state index in [0.29, 0.717) is 11.3 Å². The fourth-order valence-corrected chi connectivity index (χ4v) is 3.16. The van der Waals surface area contributed by atoms with Crippen molar-refractivity contribution in [2.75, 3.05) is 10.6 Å². The van der Waals surface area contributed by atoms with Crippen LogP contribution in [0.1, 0.15) is 34.2 Å². The molecule has 1 heterocycles. The Balaban J connectivity index is 1.98. The van der Waals surface area contributed by atoms with Gasteiger partial charge < -0.3 is 15.2 Å². The molecule has 0 atom stereocenters. The Morgan fingerprint density at radius 3 is 2.21 bits per heavy atom. The molecule has 0 spiro atoms. The molecular weight excluding hydrogens is 357 g/mol. The van der Waals surface area contributed by atoms with Crippen LogP contribution in [0.4, 0.5) is 15.8 Å². The van der Waals surface area contributed by atoms with Crippen molar-refractivity contribution >= 4 is 23.2 Å². The zero-order chi connectivity index (χ0) is 20.4. The number of carbonyl (C=O) groups is 2. The van der Waals surface area contributed by atoms with Gasteiger partial charge in [0.25, 0.3) is 5.91 Å². The third kappa shape index (κ3) is 3.96. The molecule has 3 rings (SSSR count). The van der Waals surface area contributed by atoms with Gasteiger partial charge in [-0.15, -0.1) is 0 Å². The van der Waals surface area contributed by atoms with E-state index in [0.717, 1.165) is 22.6 Å². The van der Waals surface area contributed by atoms with E-state index in [-0.39, 0.29) is 17.5 Å². The number of aromatic nitrogens is 1. The maximum atomic E-state index is 13.9. The molecule has 0 aliphatic heterocycles. The molecular formula is C22H22FN3O2. The number of anilines is 2. The van der Waals surface area contributed by atoms with Gasteiger partial charge in [0.05, 0.1) is 16.9 Å². The average Bonchev–Trinajstić information content (AvgIpc) is 2.96. The highest BCUT2D eigenvalue weighted by Gasteiger charge is 2.16. The predicted molar refractivity (Wildman–Crippen MR) is 109 cm³/mol. The zero-order valence-electron chi connectivity index (χ0n) is 16.3. The third-order valence-electron chi connectivity index (χ3n) is 4.44. The van der Waals surface area contributed by atoms with Gasteiger partial charge in [0.1, 0.15) is 5.82 Å². The van der Waals surface area contributed by atoms with Crippen LogP contribution in [-0.4, -0.2) is 16.4 Å². The number of benzene rings is 2. The molecule has 3 aromatic rings. The minimum Gasteiger partial charge on any atom is -0.324 e. The molecule has 2 amide bonds. The van der Waals surface area contributed by atoms with E-state index in [1.54, 1.807) is 0 Å². The number of amides is 2. The van der Waals surface area contributed by atoms with Gasteiger partial charge in [0, 0.05) is 24.0 Å². The lowest BCUT2D eigenvalue weighted by Gasteiger charge is -2.16. The summed E-state index contributed by atoms with van der Waals surface area (Å²) in [6, 6.07) is 13.7. The molecule has 0 bridgehead atoms. The molecule has 2 N–H and O–H groups in total. The van der Waals surface area contributed by atoms with Gasteiger partial charge in [-0.2, -0.15) is 0 Å². The second kappa shape index (κ2) is 7.68. The van der Waals surface area contributed by atoms with Crippen LogP contribution in [0.5, 0.6) is 0 Å². The van der Waals surface area contributed by atoms with Crippen LogP contribution in [0.25, 0.3) is 5.69 Å². The van der Waals surface area contributed by atoms with Gasteiger partial charge in [-0.25, -0.2) is 4.39 Å². The lowest BCUT2D eigenvalue weighted by atomic mass is 10.1. The summed E-state index contributed by atoms with van der Waals surface area (Å²) in [7, 11) is 0. The SMILES string of the molecule is CC(=O)Nc1cc(NC(=O)c2cc(C)ccc2-n2c(C)ccc2C)ccc1F. The summed E-state index contributed by atoms with van der Waals surface area (Å²) >= 11 is 0. The number of halogens is 1. The van der Waals surface area contributed by atoms with Crippen molar-refractivity contribution in [3.05, 3.63) is 76.9 Å². The quantitative estimate of drug-likeness (QED) is 0.687. The first-order chi connectivity index (χ1) is 13.3. The summed E-state index contributed by atoms with van der Waals surface area (Å²) in [5.41, 5.74) is 4.68. The highest BCUT2D eigenvalue weighted by molar-refractivity contribution is 6.07. The first-order valence-corrected chi connectivity index (χ1v) is 8.90. The molecule has 5 nitrogen and oxygen atoms in total. The summed E-state index contributed by atoms with van der Waals surface area (Å²) in [5.74, 6) is -1.27. The first-order valence-electron chi connectivity index (χ1n) is 8.90. The summed E-state index contributed by atoms with van der Waals surface area (Å²) < 4.78 is 15.9. The van der Waals surface area contributed by atoms with Crippen molar-refractivity contribution in [2.45, 2.75) is 27.7 Å². The van der Waals surface area contributed by atoms with Crippen LogP contribution in [0.3, 0.4) is 0 Å². The largest absolute Gasteiger partial charge is 0.324 e. The smallest absolute Gasteiger partial charge is 0.257 e. The molecule has 1 aromatic heterocycles. The monoisotopic (exact) mass is 379 g/mol. The minimum atomic E-state index is -0.567. The van der Waals surface area contributed by atoms with E-state index in [1.807, 2.05) is 55.7 Å². The number of nitrogens with one attached hydrogen (secondary N) is 2. The maximum Gasteiger partial charge on any atom is 0.257 e. The molecule has 6 heteroatoms. The van der Waals surface area contributed by atoms with Crippen molar-refractivity contribution in [3.63, 3.8) is 0 Å². The Morgan fingerprint density at radius 1 is 0.893 bits per heavy atom. The third-order valence-corrected chi connectivity index (χ3v) is 4.44. The fourth-order valence-electron chi connectivity index (χ4n) is 3.16. The molecule has 0 saturated carbocycles. The normalized spacial score (nSPS) is 10.6. The van der Waals surface area contributed by atoms with Crippen LogP contribution in [0, 0.1) is 26.6 Å². The summed E-state index contributed by atoms with van der Waals surface area (Å²) in [5, 5.41) is 5.21. The van der Waals surface area contributed by atoms with Crippen molar-refractivity contribution in [1.29, 1.82) is 0 Å². The number of hydrogen-bond acceptors (Lipinski definition) is 2. The molecule has 0 aliphatic carbocycles. The molecule has 28 heavy (non-hydrogen) atoms. The Kier molecular flexibility index (Phi) is 5.31. The average molecular weight is 379 g/mol. The van der Waals surface area contributed by atoms with Crippen LogP contribution in [0.15, 0.2) is 48.5 Å². The predicted octanol–water partition coefficient (Wildman–Crippen LogP) is 4.75. The summed E-state index contributed by atoms with van der Waals surface area (Å²) in [6.07, 6.45) is 0. The zero-order valence-corrected chi connectivity index (χ0v) is 16.3. The highest BCUT2D eigenvalue weighted by atomic mass is 19.1. The molecule has 0 fully saturated rings. The molecule has 0 radical (unpaired) electrons. The number of rotatable bonds is 4. The maximum absolute atomic E-state index is 13.9. The lowest BCUT2D eigenvalue weighted by Crippen LogP contribution is -2.16. The molecule has 144 valence electrons. The van der Waals surface area contributed by atoms with Crippen molar-refractivity contribution in [1.82, 2.24) is 4.57 Å². The van der Waals surface area contributed by atoms with E-state index in [1.165, 1.54) is 25.1 Å². The number of aryl methyl sites for hydroxylation is 3. The fraction of sp³-hybridized carbons (Fsp3) is 0.182. The second-order valence-corrected chi connectivity index (χ2v) is 6.80. The Bertz CT molecular complexity index is 1050. The second-order valence-electron chi connectivity index (χ2n) is 6.80. The summed E-state index contributed by atoms with van der Waals surface area (Å²) in [4.78, 5) is 24.2. The Morgan fingerprint density at radius 2 is 1.57 bits per heavy atom. The Labute approximate surface area is 163 Å². The van der Waals surface area contributed by atoms with Crippen LogP contribution in [0.2, 0.25) is 0 Å². The van der Waals surface area contributed by atoms with Gasteiger partial charge in [-0.3, -0.25) is 9.59 Å². The van der Waals surface area contributed by atoms with E-state index in [2.05, 4.69) is 10.6 Å². The van der Waals surface area contributed by atoms with Crippen molar-refractivity contribution in [2.24, 2.45) is 0 Å². The van der Waals surface area contributed by atoms with E-state index >= 15 is 0 Å². The van der Waals surface area contributed by atoms with Gasteiger partial charge in [-0.05, 0) is 63.2 Å². The van der Waals surface area contributed by atoms with E-state index in [4.69, 9.17) is 0 Å². The molecule has 0 saturated heterocycles. The van der Waals surface area contributed by atoms with Gasteiger partial charge in [-0.1, -0.05) is 11.6 Å². The standard InChI is InChI=1S/C22H22FN3O2/c1-13-5-10-21(26-14(2)6-7-15(26)3)18(11-13)22(28)25-17-8-9-19(23)20(12-17)24-16(4)27/h5-12H,1-4H3,(H,24,27)(H,25,28). The van der Waals surface area contributed by atoms with Gasteiger partial charge in [0.2, 0.25) is 5.91 Å². The van der Waals surface area contributed by atoms with Crippen LogP contribution >= 0.6 is 0 Å². The summed E-state index contributed by atoms with van der Waals surface area (Å²) in [6.45, 7) is 7.18. The molecule has 0 aliphatic rings. The Hall–Kier alpha value is -3.41. The van der Waals surface area contributed by atoms with Crippen molar-refractivity contribution in [3.8, 4) is 5.69 Å². The molecule has 2 aromatic carbocycles. The lowest BCUT2D eigenvalue weighted by molar-refractivity contribution is -0.114. The number of carbonyl (C=O) groups excluding carboxylic acids is 2. The van der Waals surface area contributed by atoms with Crippen molar-refractivity contribution < 1.29 is 14.0 Å². The molecule has 0 unspecified atom stereocenters. The van der Waals surface area contributed by atoms with Gasteiger partial charge >= 0.3 is 0 Å². The van der Waals surface area contributed by atoms with Crippen LogP contribution in [-0.2, 0) is 4.79 Å². The van der Waals surface area contributed by atoms with E-state index < -0.39 is 5.82 Å². The highest BCUT2D eigenvalue weighted by Crippen LogP contribution is 2.24. The number of nitrogens with zero attached hydrogens (tertiary/aromatic N) is 1. The van der Waals surface area contributed by atoms with Crippen LogP contribution < -0.4 is 10.6 Å². The first kappa shape index (κ1) is 19.4. The van der Waals surface area contributed by atoms with Gasteiger partial charge in [0.15, 0.2) is 0 Å². The minimum absolute atomic E-state index is 0.0202. The van der Waals surface area contributed by atoms with E-state index in [9.17, 15) is 14.0 Å².